The number of aromatic nitrogens is 1. The van der Waals surface area contributed by atoms with Gasteiger partial charge in [0.1, 0.15) is 6.04 Å². The number of amides is 2. The van der Waals surface area contributed by atoms with E-state index in [4.69, 9.17) is 0 Å². The van der Waals surface area contributed by atoms with Crippen LogP contribution in [0.1, 0.15) is 12.5 Å². The summed E-state index contributed by atoms with van der Waals surface area (Å²) in [6.45, 7) is 1.48. The molecule has 1 unspecified atom stereocenters. The first-order chi connectivity index (χ1) is 11.4. The molecule has 1 atom stereocenters. The lowest BCUT2D eigenvalue weighted by Gasteiger charge is -2.18. The number of nitrogens with zero attached hydrogens (tertiary/aromatic N) is 2. The fraction of sp³-hybridized carbons (Fsp3) is 0.235. The average molecular weight is 344 g/mol. The number of fused-ring (bicyclic) bond motifs is 1. The second-order valence-corrected chi connectivity index (χ2v) is 6.46. The van der Waals surface area contributed by atoms with Gasteiger partial charge in [0.15, 0.2) is 0 Å². The minimum atomic E-state index is -0.944. The van der Waals surface area contributed by atoms with Crippen LogP contribution < -0.4 is 0 Å². The first-order valence-corrected chi connectivity index (χ1v) is 8.14. The quantitative estimate of drug-likeness (QED) is 0.633. The van der Waals surface area contributed by atoms with Crippen LogP contribution in [-0.4, -0.2) is 39.7 Å². The van der Waals surface area contributed by atoms with Crippen LogP contribution in [0.5, 0.6) is 0 Å². The van der Waals surface area contributed by atoms with Crippen LogP contribution in [0.2, 0.25) is 0 Å². The zero-order valence-corrected chi connectivity index (χ0v) is 14.3. The number of carbonyl (C=O) groups is 3. The molecular weight excluding hydrogens is 328 g/mol. The van der Waals surface area contributed by atoms with Crippen molar-refractivity contribution in [3.63, 3.8) is 0 Å². The number of aryl methyl sites for hydroxylation is 1. The van der Waals surface area contributed by atoms with Gasteiger partial charge in [0.2, 0.25) is 0 Å². The number of carbonyl (C=O) groups excluding carboxylic acids is 3. The van der Waals surface area contributed by atoms with Gasteiger partial charge in [-0.15, -0.1) is 0 Å². The van der Waals surface area contributed by atoms with E-state index in [2.05, 4.69) is 4.74 Å². The fourth-order valence-corrected chi connectivity index (χ4v) is 3.62. The number of ether oxygens (including phenoxy) is 1. The van der Waals surface area contributed by atoms with Gasteiger partial charge >= 0.3 is 5.97 Å². The highest BCUT2D eigenvalue weighted by Gasteiger charge is 2.41. The van der Waals surface area contributed by atoms with Crippen LogP contribution in [0.25, 0.3) is 17.0 Å². The minimum Gasteiger partial charge on any atom is -0.467 e. The van der Waals surface area contributed by atoms with Crippen molar-refractivity contribution in [3.05, 3.63) is 40.9 Å². The molecule has 1 aliphatic rings. The van der Waals surface area contributed by atoms with Gasteiger partial charge in [0, 0.05) is 29.7 Å². The minimum absolute atomic E-state index is 0.298. The third kappa shape index (κ3) is 2.60. The van der Waals surface area contributed by atoms with Crippen molar-refractivity contribution in [3.8, 4) is 0 Å². The van der Waals surface area contributed by atoms with Crippen LogP contribution in [0.15, 0.2) is 35.4 Å². The van der Waals surface area contributed by atoms with Crippen LogP contribution in [0.3, 0.4) is 0 Å². The number of hydrogen-bond donors (Lipinski definition) is 0. The summed E-state index contributed by atoms with van der Waals surface area (Å²) in [5.41, 5.74) is 1.88. The first kappa shape index (κ1) is 16.3. The van der Waals surface area contributed by atoms with E-state index in [0.29, 0.717) is 4.91 Å². The van der Waals surface area contributed by atoms with Crippen molar-refractivity contribution < 1.29 is 19.1 Å². The summed E-state index contributed by atoms with van der Waals surface area (Å²) in [6, 6.07) is 6.86. The predicted octanol–water partition coefficient (Wildman–Crippen LogP) is 2.78. The van der Waals surface area contributed by atoms with E-state index in [9.17, 15) is 14.4 Å². The molecular formula is C17H16N2O4S. The summed E-state index contributed by atoms with van der Waals surface area (Å²) in [6.07, 6.45) is 3.60. The summed E-state index contributed by atoms with van der Waals surface area (Å²) in [4.78, 5) is 37.5. The Kier molecular flexibility index (Phi) is 4.19. The molecule has 1 fully saturated rings. The molecule has 124 valence electrons. The number of imide groups is 1. The Bertz CT molecular complexity index is 884. The fourth-order valence-electron chi connectivity index (χ4n) is 2.72. The Morgan fingerprint density at radius 3 is 2.71 bits per heavy atom. The Morgan fingerprint density at radius 1 is 1.29 bits per heavy atom. The normalized spacial score (nSPS) is 17.8. The number of methoxy groups -OCH3 is 1. The van der Waals surface area contributed by atoms with Crippen molar-refractivity contribution in [1.29, 1.82) is 0 Å². The smallest absolute Gasteiger partial charge is 0.328 e. The van der Waals surface area contributed by atoms with Crippen molar-refractivity contribution in [2.75, 3.05) is 7.11 Å². The molecule has 1 aromatic carbocycles. The zero-order valence-electron chi connectivity index (χ0n) is 13.5. The highest BCUT2D eigenvalue weighted by atomic mass is 32.2. The standard InChI is InChI=1S/C17H16N2O4S/c1-10(16(21)23-3)19-15(20)14(24-17(19)22)8-11-9-18(2)13-7-5-4-6-12(11)13/h4-10H,1-3H3/b14-8+. The maximum Gasteiger partial charge on any atom is 0.328 e. The topological polar surface area (TPSA) is 68.6 Å². The Balaban J connectivity index is 1.98. The monoisotopic (exact) mass is 344 g/mol. The van der Waals surface area contributed by atoms with Gasteiger partial charge in [-0.3, -0.25) is 14.5 Å². The molecule has 2 heterocycles. The van der Waals surface area contributed by atoms with Crippen LogP contribution >= 0.6 is 11.8 Å². The largest absolute Gasteiger partial charge is 0.467 e. The first-order valence-electron chi connectivity index (χ1n) is 7.33. The molecule has 1 aliphatic heterocycles. The Morgan fingerprint density at radius 2 is 2.00 bits per heavy atom. The molecule has 1 saturated heterocycles. The van der Waals surface area contributed by atoms with E-state index in [-0.39, 0.29) is 0 Å². The molecule has 3 rings (SSSR count). The lowest BCUT2D eigenvalue weighted by Crippen LogP contribution is -2.42. The Hall–Kier alpha value is -2.54. The second kappa shape index (κ2) is 6.16. The van der Waals surface area contributed by atoms with Crippen LogP contribution in [0.4, 0.5) is 4.79 Å². The molecule has 2 aromatic rings. The van der Waals surface area contributed by atoms with E-state index in [1.165, 1.54) is 14.0 Å². The van der Waals surface area contributed by atoms with Gasteiger partial charge in [0.25, 0.3) is 11.1 Å². The molecule has 0 spiro atoms. The maximum atomic E-state index is 12.5. The van der Waals surface area contributed by atoms with E-state index in [1.807, 2.05) is 42.1 Å². The third-order valence-corrected chi connectivity index (χ3v) is 4.85. The summed E-state index contributed by atoms with van der Waals surface area (Å²) in [5.74, 6) is -1.10. The zero-order chi connectivity index (χ0) is 17.4. The summed E-state index contributed by atoms with van der Waals surface area (Å²) < 4.78 is 6.58. The number of hydrogen-bond acceptors (Lipinski definition) is 5. The van der Waals surface area contributed by atoms with Crippen LogP contribution in [-0.2, 0) is 21.4 Å². The highest BCUT2D eigenvalue weighted by Crippen LogP contribution is 2.35. The molecule has 1 aromatic heterocycles. The summed E-state index contributed by atoms with van der Waals surface area (Å²) >= 11 is 0.832. The van der Waals surface area contributed by atoms with Crippen molar-refractivity contribution in [1.82, 2.24) is 9.47 Å². The number of rotatable bonds is 3. The highest BCUT2D eigenvalue weighted by molar-refractivity contribution is 8.18. The second-order valence-electron chi connectivity index (χ2n) is 5.46. The molecule has 0 radical (unpaired) electrons. The number of benzene rings is 1. The molecule has 0 aliphatic carbocycles. The van der Waals surface area contributed by atoms with Gasteiger partial charge in [0.05, 0.1) is 12.0 Å². The Labute approximate surface area is 143 Å². The number of thioether (sulfide) groups is 1. The van der Waals surface area contributed by atoms with E-state index < -0.39 is 23.2 Å². The molecule has 2 amide bonds. The van der Waals surface area contributed by atoms with Gasteiger partial charge in [-0.1, -0.05) is 18.2 Å². The maximum absolute atomic E-state index is 12.5. The van der Waals surface area contributed by atoms with E-state index >= 15 is 0 Å². The molecule has 0 saturated carbocycles. The number of esters is 1. The van der Waals surface area contributed by atoms with Crippen molar-refractivity contribution in [2.45, 2.75) is 13.0 Å². The van der Waals surface area contributed by atoms with Gasteiger partial charge in [-0.25, -0.2) is 4.79 Å². The third-order valence-electron chi connectivity index (χ3n) is 3.97. The lowest BCUT2D eigenvalue weighted by molar-refractivity contribution is -0.148. The van der Waals surface area contributed by atoms with Gasteiger partial charge < -0.3 is 9.30 Å². The summed E-state index contributed by atoms with van der Waals surface area (Å²) in [7, 11) is 3.15. The van der Waals surface area contributed by atoms with E-state index in [0.717, 1.165) is 33.1 Å². The lowest BCUT2D eigenvalue weighted by atomic mass is 10.1. The van der Waals surface area contributed by atoms with Crippen molar-refractivity contribution >= 4 is 45.9 Å². The average Bonchev–Trinajstić information content (AvgIpc) is 3.04. The molecule has 0 N–H and O–H groups in total. The predicted molar refractivity (Wildman–Crippen MR) is 92.2 cm³/mol. The SMILES string of the molecule is COC(=O)C(C)N1C(=O)S/C(=C/c2cn(C)c3ccccc23)C1=O. The van der Waals surface area contributed by atoms with Crippen LogP contribution in [0, 0.1) is 0 Å². The molecule has 7 heteroatoms. The van der Waals surface area contributed by atoms with Gasteiger partial charge in [-0.05, 0) is 30.8 Å². The van der Waals surface area contributed by atoms with Crippen molar-refractivity contribution in [2.24, 2.45) is 7.05 Å². The van der Waals surface area contributed by atoms with Gasteiger partial charge in [-0.2, -0.15) is 0 Å². The molecule has 6 nitrogen and oxygen atoms in total. The molecule has 0 bridgehead atoms. The summed E-state index contributed by atoms with van der Waals surface area (Å²) in [5, 5.41) is 0.525. The molecule has 24 heavy (non-hydrogen) atoms. The van der Waals surface area contributed by atoms with E-state index in [1.54, 1.807) is 6.08 Å². The number of para-hydroxylation sites is 1.